The summed E-state index contributed by atoms with van der Waals surface area (Å²) in [4.78, 5) is 4.40. The second kappa shape index (κ2) is 8.16. The van der Waals surface area contributed by atoms with Crippen LogP contribution in [0.3, 0.4) is 0 Å². The fourth-order valence-corrected chi connectivity index (χ4v) is 4.18. The van der Waals surface area contributed by atoms with E-state index in [1.54, 1.807) is 14.2 Å². The Kier molecular flexibility index (Phi) is 5.91. The third kappa shape index (κ3) is 3.47. The van der Waals surface area contributed by atoms with Crippen LogP contribution in [0.2, 0.25) is 0 Å². The average Bonchev–Trinajstić information content (AvgIpc) is 2.61. The predicted octanol–water partition coefficient (Wildman–Crippen LogP) is 2.72. The maximum Gasteiger partial charge on any atom is 0.191 e. The van der Waals surface area contributed by atoms with E-state index < -0.39 is 0 Å². The van der Waals surface area contributed by atoms with E-state index in [-0.39, 0.29) is 0 Å². The number of hydrogen-bond acceptors (Lipinski definition) is 4. The topological polar surface area (TPSA) is 64.1 Å². The molecule has 6 nitrogen and oxygen atoms in total. The third-order valence-electron chi connectivity index (χ3n) is 5.91. The minimum atomic E-state index is 0.311. The van der Waals surface area contributed by atoms with E-state index in [1.165, 1.54) is 19.3 Å². The summed E-state index contributed by atoms with van der Waals surface area (Å²) in [5.74, 6) is 2.42. The molecule has 0 saturated heterocycles. The van der Waals surface area contributed by atoms with Gasteiger partial charge in [0.2, 0.25) is 0 Å². The lowest BCUT2D eigenvalue weighted by Gasteiger charge is -2.61. The Morgan fingerprint density at radius 2 is 2.08 bits per heavy atom. The number of benzene rings is 1. The van der Waals surface area contributed by atoms with Gasteiger partial charge in [0, 0.05) is 43.3 Å². The van der Waals surface area contributed by atoms with Crippen molar-refractivity contribution >= 4 is 5.96 Å². The Bertz CT molecular complexity index is 643. The van der Waals surface area contributed by atoms with Gasteiger partial charge in [-0.1, -0.05) is 6.42 Å². The van der Waals surface area contributed by atoms with Gasteiger partial charge in [-0.25, -0.2) is 0 Å². The number of guanidine groups is 1. The molecule has 2 N–H and O–H groups in total. The summed E-state index contributed by atoms with van der Waals surface area (Å²) in [6.45, 7) is 3.51. The first-order valence-corrected chi connectivity index (χ1v) is 9.46. The van der Waals surface area contributed by atoms with Crippen LogP contribution in [-0.2, 0) is 11.3 Å². The van der Waals surface area contributed by atoms with Gasteiger partial charge in [0.25, 0.3) is 0 Å². The molecule has 144 valence electrons. The largest absolute Gasteiger partial charge is 0.497 e. The van der Waals surface area contributed by atoms with Gasteiger partial charge < -0.3 is 24.8 Å². The summed E-state index contributed by atoms with van der Waals surface area (Å²) in [6, 6.07) is 6.30. The molecule has 26 heavy (non-hydrogen) atoms. The van der Waals surface area contributed by atoms with Crippen molar-refractivity contribution in [3.05, 3.63) is 23.8 Å². The van der Waals surface area contributed by atoms with E-state index in [9.17, 15) is 0 Å². The molecule has 3 rings (SSSR count). The fraction of sp³-hybridized carbons (Fsp3) is 0.650. The molecular formula is C20H31N3O3. The molecular weight excluding hydrogens is 330 g/mol. The highest BCUT2D eigenvalue weighted by molar-refractivity contribution is 5.80. The number of rotatable bonds is 7. The minimum Gasteiger partial charge on any atom is -0.497 e. The Hall–Kier alpha value is -1.95. The molecule has 0 amide bonds. The van der Waals surface area contributed by atoms with Crippen LogP contribution >= 0.6 is 0 Å². The number of methoxy groups -OCH3 is 2. The number of aliphatic imine (C=N–C) groups is 1. The lowest BCUT2D eigenvalue weighted by Crippen LogP contribution is -2.68. The molecule has 0 aromatic heterocycles. The van der Waals surface area contributed by atoms with Gasteiger partial charge >= 0.3 is 0 Å². The van der Waals surface area contributed by atoms with Crippen LogP contribution in [0.4, 0.5) is 0 Å². The van der Waals surface area contributed by atoms with E-state index in [2.05, 4.69) is 22.5 Å². The highest BCUT2D eigenvalue weighted by Crippen LogP contribution is 2.57. The molecule has 0 bridgehead atoms. The molecule has 0 aliphatic heterocycles. The minimum absolute atomic E-state index is 0.311. The van der Waals surface area contributed by atoms with Crippen molar-refractivity contribution in [2.24, 2.45) is 10.4 Å². The zero-order valence-electron chi connectivity index (χ0n) is 16.3. The van der Waals surface area contributed by atoms with Crippen molar-refractivity contribution in [1.29, 1.82) is 0 Å². The van der Waals surface area contributed by atoms with E-state index in [0.29, 0.717) is 24.1 Å². The molecule has 0 heterocycles. The fourth-order valence-electron chi connectivity index (χ4n) is 4.18. The molecule has 2 unspecified atom stereocenters. The summed E-state index contributed by atoms with van der Waals surface area (Å²) in [7, 11) is 5.14. The first-order valence-electron chi connectivity index (χ1n) is 9.46. The SMILES string of the molecule is CCOC1CC(NC(=NC)NCc2ccc(OC)cc2OC)C12CCC2. The number of hydrogen-bond donors (Lipinski definition) is 2. The summed E-state index contributed by atoms with van der Waals surface area (Å²) in [6.07, 6.45) is 5.26. The summed E-state index contributed by atoms with van der Waals surface area (Å²) in [5, 5.41) is 7.02. The highest BCUT2D eigenvalue weighted by Gasteiger charge is 2.59. The molecule has 2 saturated carbocycles. The zero-order valence-corrected chi connectivity index (χ0v) is 16.3. The highest BCUT2D eigenvalue weighted by atomic mass is 16.5. The first kappa shape index (κ1) is 18.8. The summed E-state index contributed by atoms with van der Waals surface area (Å²) >= 11 is 0. The molecule has 2 atom stereocenters. The van der Waals surface area contributed by atoms with Crippen LogP contribution in [-0.4, -0.2) is 46.0 Å². The van der Waals surface area contributed by atoms with E-state index in [1.807, 2.05) is 25.2 Å². The molecule has 1 aromatic carbocycles. The normalized spacial score (nSPS) is 23.8. The Morgan fingerprint density at radius 1 is 1.27 bits per heavy atom. The van der Waals surface area contributed by atoms with E-state index in [4.69, 9.17) is 14.2 Å². The Morgan fingerprint density at radius 3 is 2.65 bits per heavy atom. The molecule has 0 radical (unpaired) electrons. The van der Waals surface area contributed by atoms with Gasteiger partial charge in [0.1, 0.15) is 11.5 Å². The first-order chi connectivity index (χ1) is 12.7. The van der Waals surface area contributed by atoms with E-state index in [0.717, 1.165) is 36.0 Å². The van der Waals surface area contributed by atoms with Crippen LogP contribution in [0.25, 0.3) is 0 Å². The number of ether oxygens (including phenoxy) is 3. The lowest BCUT2D eigenvalue weighted by atomic mass is 9.51. The van der Waals surface area contributed by atoms with Crippen molar-refractivity contribution in [2.75, 3.05) is 27.9 Å². The Labute approximate surface area is 156 Å². The maximum atomic E-state index is 5.93. The third-order valence-corrected chi connectivity index (χ3v) is 5.91. The molecule has 1 aromatic rings. The van der Waals surface area contributed by atoms with Crippen molar-refractivity contribution < 1.29 is 14.2 Å². The van der Waals surface area contributed by atoms with Gasteiger partial charge in [-0.2, -0.15) is 0 Å². The maximum absolute atomic E-state index is 5.93. The van der Waals surface area contributed by atoms with Crippen molar-refractivity contribution in [2.45, 2.75) is 51.3 Å². The van der Waals surface area contributed by atoms with Crippen LogP contribution in [0, 0.1) is 5.41 Å². The molecule has 2 fully saturated rings. The van der Waals surface area contributed by atoms with Gasteiger partial charge in [0.05, 0.1) is 20.3 Å². The van der Waals surface area contributed by atoms with Crippen molar-refractivity contribution in [3.8, 4) is 11.5 Å². The number of nitrogens with zero attached hydrogens (tertiary/aromatic N) is 1. The average molecular weight is 361 g/mol. The van der Waals surface area contributed by atoms with Gasteiger partial charge in [0.15, 0.2) is 5.96 Å². The van der Waals surface area contributed by atoms with Crippen molar-refractivity contribution in [3.63, 3.8) is 0 Å². The second-order valence-electron chi connectivity index (χ2n) is 7.07. The zero-order chi connectivity index (χ0) is 18.6. The Balaban J connectivity index is 1.58. The lowest BCUT2D eigenvalue weighted by molar-refractivity contribution is -0.168. The molecule has 6 heteroatoms. The standard InChI is InChI=1S/C20H31N3O3/c1-5-26-18-12-17(20(18)9-6-10-20)23-19(21-2)22-13-14-7-8-15(24-3)11-16(14)25-4/h7-8,11,17-18H,5-6,9-10,12-13H2,1-4H3,(H2,21,22,23). The molecule has 1 spiro atoms. The van der Waals surface area contributed by atoms with E-state index >= 15 is 0 Å². The van der Waals surface area contributed by atoms with Crippen molar-refractivity contribution in [1.82, 2.24) is 10.6 Å². The van der Waals surface area contributed by atoms with Gasteiger partial charge in [-0.05, 0) is 38.3 Å². The monoisotopic (exact) mass is 361 g/mol. The summed E-state index contributed by atoms with van der Waals surface area (Å²) < 4.78 is 16.7. The van der Waals surface area contributed by atoms with Gasteiger partial charge in [-0.15, -0.1) is 0 Å². The quantitative estimate of drug-likeness (QED) is 0.577. The molecule has 2 aliphatic carbocycles. The number of nitrogens with one attached hydrogen (secondary N) is 2. The van der Waals surface area contributed by atoms with Crippen LogP contribution in [0.15, 0.2) is 23.2 Å². The molecule has 2 aliphatic rings. The smallest absolute Gasteiger partial charge is 0.191 e. The predicted molar refractivity (Wildman–Crippen MR) is 103 cm³/mol. The second-order valence-corrected chi connectivity index (χ2v) is 7.07. The van der Waals surface area contributed by atoms with Crippen LogP contribution in [0.1, 0.15) is 38.2 Å². The van der Waals surface area contributed by atoms with Crippen LogP contribution in [0.5, 0.6) is 11.5 Å². The van der Waals surface area contributed by atoms with Crippen LogP contribution < -0.4 is 20.1 Å². The summed E-state index contributed by atoms with van der Waals surface area (Å²) in [5.41, 5.74) is 1.38. The van der Waals surface area contributed by atoms with Gasteiger partial charge in [-0.3, -0.25) is 4.99 Å².